The van der Waals surface area contributed by atoms with Gasteiger partial charge >= 0.3 is 0 Å². The minimum Gasteiger partial charge on any atom is -0.390 e. The second-order valence-electron chi connectivity index (χ2n) is 2.30. The van der Waals surface area contributed by atoms with Crippen molar-refractivity contribution < 1.29 is 9.94 Å². The first-order valence-electron chi connectivity index (χ1n) is 3.40. The molecule has 0 radical (unpaired) electrons. The van der Waals surface area contributed by atoms with Crippen LogP contribution in [-0.4, -0.2) is 28.7 Å². The monoisotopic (exact) mass is 152 g/mol. The summed E-state index contributed by atoms with van der Waals surface area (Å²) in [4.78, 5) is 6.69. The summed E-state index contributed by atoms with van der Waals surface area (Å²) in [6, 6.07) is 0. The number of amidine groups is 1. The van der Waals surface area contributed by atoms with Crippen LogP contribution in [0.1, 0.15) is 0 Å². The first-order chi connectivity index (χ1) is 5.42. The molecule has 0 amide bonds. The topological polar surface area (TPSA) is 45.1 Å². The molecule has 0 spiro atoms. The zero-order valence-corrected chi connectivity index (χ0v) is 5.84. The number of aliphatic hydroxyl groups excluding tert-OH is 1. The highest BCUT2D eigenvalue weighted by molar-refractivity contribution is 5.95. The third-order valence-electron chi connectivity index (χ3n) is 1.60. The van der Waals surface area contributed by atoms with Crippen molar-refractivity contribution >= 4 is 5.84 Å². The maximum Gasteiger partial charge on any atom is 0.228 e. The molecule has 11 heavy (non-hydrogen) atoms. The van der Waals surface area contributed by atoms with Crippen molar-refractivity contribution in [1.29, 1.82) is 0 Å². The molecule has 0 aliphatic carbocycles. The molecule has 0 aromatic rings. The van der Waals surface area contributed by atoms with Crippen molar-refractivity contribution in [2.45, 2.75) is 6.23 Å². The Hall–Kier alpha value is -1.29. The lowest BCUT2D eigenvalue weighted by atomic mass is 10.3. The summed E-state index contributed by atoms with van der Waals surface area (Å²) in [6.07, 6.45) is 7.06. The van der Waals surface area contributed by atoms with E-state index in [-0.39, 0.29) is 12.8 Å². The van der Waals surface area contributed by atoms with Gasteiger partial charge in [-0.25, -0.2) is 0 Å². The molecule has 4 heteroatoms. The van der Waals surface area contributed by atoms with E-state index in [0.29, 0.717) is 0 Å². The summed E-state index contributed by atoms with van der Waals surface area (Å²) < 4.78 is 0. The minimum atomic E-state index is -0.341. The number of nitrogens with zero attached hydrogens (tertiary/aromatic N) is 2. The fraction of sp³-hybridized carbons (Fsp3) is 0.286. The molecule has 0 saturated heterocycles. The average molecular weight is 152 g/mol. The summed E-state index contributed by atoms with van der Waals surface area (Å²) >= 11 is 0. The number of hydrogen-bond donors (Lipinski definition) is 1. The maximum atomic E-state index is 8.81. The van der Waals surface area contributed by atoms with Crippen molar-refractivity contribution in [3.8, 4) is 0 Å². The van der Waals surface area contributed by atoms with Crippen molar-refractivity contribution in [2.24, 2.45) is 5.16 Å². The third-order valence-corrected chi connectivity index (χ3v) is 1.60. The first-order valence-corrected chi connectivity index (χ1v) is 3.40. The summed E-state index contributed by atoms with van der Waals surface area (Å²) in [5.41, 5.74) is 0. The Morgan fingerprint density at radius 2 is 2.55 bits per heavy atom. The van der Waals surface area contributed by atoms with Gasteiger partial charge in [0.05, 0.1) is 0 Å². The molecule has 0 aromatic heterocycles. The number of fused-ring (bicyclic) bond motifs is 1. The number of aliphatic hydroxyl groups is 1. The second kappa shape index (κ2) is 2.39. The molecule has 0 bridgehead atoms. The van der Waals surface area contributed by atoms with E-state index in [9.17, 15) is 0 Å². The lowest BCUT2D eigenvalue weighted by molar-refractivity contribution is -0.0126. The Kier molecular flexibility index (Phi) is 1.40. The number of hydrogen-bond acceptors (Lipinski definition) is 4. The fourth-order valence-electron chi connectivity index (χ4n) is 1.05. The summed E-state index contributed by atoms with van der Waals surface area (Å²) in [6.45, 7) is -0.0504. The molecule has 4 nitrogen and oxygen atoms in total. The highest BCUT2D eigenvalue weighted by Gasteiger charge is 2.26. The largest absolute Gasteiger partial charge is 0.390 e. The van der Waals surface area contributed by atoms with Gasteiger partial charge in [0, 0.05) is 6.20 Å². The van der Waals surface area contributed by atoms with Gasteiger partial charge in [-0.15, -0.1) is 0 Å². The standard InChI is InChI=1S/C7H8N2O2/c10-5-7-9-4-2-1-3-6(9)8-11-7/h1-4,7,10H,5H2. The maximum absolute atomic E-state index is 8.81. The molecule has 2 rings (SSSR count). The molecule has 0 fully saturated rings. The van der Waals surface area contributed by atoms with E-state index in [1.165, 1.54) is 0 Å². The Morgan fingerprint density at radius 3 is 3.36 bits per heavy atom. The van der Waals surface area contributed by atoms with E-state index >= 15 is 0 Å². The normalized spacial score (nSPS) is 26.5. The van der Waals surface area contributed by atoms with Crippen molar-refractivity contribution in [1.82, 2.24) is 4.90 Å². The van der Waals surface area contributed by atoms with E-state index in [2.05, 4.69) is 5.16 Å². The molecular formula is C7H8N2O2. The van der Waals surface area contributed by atoms with E-state index in [4.69, 9.17) is 9.94 Å². The highest BCUT2D eigenvalue weighted by atomic mass is 16.7. The predicted octanol–water partition coefficient (Wildman–Crippen LogP) is 0.0340. The smallest absolute Gasteiger partial charge is 0.228 e. The predicted molar refractivity (Wildman–Crippen MR) is 39.5 cm³/mol. The van der Waals surface area contributed by atoms with Crippen LogP contribution in [0.3, 0.4) is 0 Å². The lowest BCUT2D eigenvalue weighted by Gasteiger charge is -2.19. The van der Waals surface area contributed by atoms with Gasteiger partial charge in [-0.3, -0.25) is 4.90 Å². The Labute approximate surface area is 64.1 Å². The van der Waals surface area contributed by atoms with Gasteiger partial charge in [-0.1, -0.05) is 11.2 Å². The van der Waals surface area contributed by atoms with Crippen molar-refractivity contribution in [3.63, 3.8) is 0 Å². The van der Waals surface area contributed by atoms with Crippen LogP contribution in [0.5, 0.6) is 0 Å². The molecule has 1 atom stereocenters. The van der Waals surface area contributed by atoms with Crippen LogP contribution in [0.15, 0.2) is 29.6 Å². The zero-order chi connectivity index (χ0) is 7.68. The van der Waals surface area contributed by atoms with Crippen LogP contribution in [-0.2, 0) is 4.84 Å². The third kappa shape index (κ3) is 0.914. The summed E-state index contributed by atoms with van der Waals surface area (Å²) in [5.74, 6) is 0.742. The van der Waals surface area contributed by atoms with Crippen LogP contribution in [0, 0.1) is 0 Å². The quantitative estimate of drug-likeness (QED) is 0.576. The van der Waals surface area contributed by atoms with Gasteiger partial charge < -0.3 is 9.94 Å². The van der Waals surface area contributed by atoms with Crippen LogP contribution < -0.4 is 0 Å². The van der Waals surface area contributed by atoms with E-state index in [1.54, 1.807) is 4.90 Å². The fourth-order valence-corrected chi connectivity index (χ4v) is 1.05. The molecule has 2 aliphatic rings. The second-order valence-corrected chi connectivity index (χ2v) is 2.30. The molecule has 0 saturated carbocycles. The number of oxime groups is 1. The molecule has 58 valence electrons. The lowest BCUT2D eigenvalue weighted by Crippen LogP contribution is -2.33. The first kappa shape index (κ1) is 6.42. The van der Waals surface area contributed by atoms with Gasteiger partial charge in [0.1, 0.15) is 6.61 Å². The Bertz CT molecular complexity index is 245. The van der Waals surface area contributed by atoms with E-state index in [1.807, 2.05) is 24.4 Å². The molecule has 2 heterocycles. The summed E-state index contributed by atoms with van der Waals surface area (Å²) in [7, 11) is 0. The minimum absolute atomic E-state index is 0.0504. The van der Waals surface area contributed by atoms with Crippen molar-refractivity contribution in [3.05, 3.63) is 24.4 Å². The average Bonchev–Trinajstić information content (AvgIpc) is 2.47. The number of rotatable bonds is 1. The SMILES string of the molecule is OCC1ON=C2C=CC=CN21. The van der Waals surface area contributed by atoms with Crippen LogP contribution in [0.25, 0.3) is 0 Å². The molecule has 1 unspecified atom stereocenters. The highest BCUT2D eigenvalue weighted by Crippen LogP contribution is 2.15. The van der Waals surface area contributed by atoms with Crippen LogP contribution in [0.2, 0.25) is 0 Å². The van der Waals surface area contributed by atoms with Gasteiger partial charge in [0.25, 0.3) is 0 Å². The zero-order valence-electron chi connectivity index (χ0n) is 5.84. The van der Waals surface area contributed by atoms with Crippen LogP contribution >= 0.6 is 0 Å². The Balaban J connectivity index is 2.21. The van der Waals surface area contributed by atoms with E-state index in [0.717, 1.165) is 5.84 Å². The van der Waals surface area contributed by atoms with Gasteiger partial charge in [-0.2, -0.15) is 0 Å². The van der Waals surface area contributed by atoms with Crippen molar-refractivity contribution in [2.75, 3.05) is 6.61 Å². The number of allylic oxidation sites excluding steroid dienone is 2. The van der Waals surface area contributed by atoms with Gasteiger partial charge in [-0.05, 0) is 12.2 Å². The molecule has 0 aromatic carbocycles. The van der Waals surface area contributed by atoms with Gasteiger partial charge in [0.2, 0.25) is 6.23 Å². The molecular weight excluding hydrogens is 144 g/mol. The molecule has 1 N–H and O–H groups in total. The van der Waals surface area contributed by atoms with Gasteiger partial charge in [0.15, 0.2) is 5.84 Å². The van der Waals surface area contributed by atoms with E-state index < -0.39 is 0 Å². The Morgan fingerprint density at radius 1 is 1.64 bits per heavy atom. The summed E-state index contributed by atoms with van der Waals surface area (Å²) in [5, 5.41) is 12.6. The van der Waals surface area contributed by atoms with Crippen LogP contribution in [0.4, 0.5) is 0 Å². The molecule has 2 aliphatic heterocycles.